The van der Waals surface area contributed by atoms with Crippen LogP contribution in [0.5, 0.6) is 0 Å². The molecule has 34 heavy (non-hydrogen) atoms. The van der Waals surface area contributed by atoms with E-state index in [1.54, 1.807) is 0 Å². The molecule has 2 aromatic carbocycles. The SMILES string of the molecule is CC(=O)OCc1cc(Cl)cc(S(=O)(=O)Nc2ccc(F)c(C#Cc3cnc(Cl)nc3)c2F)c1Cl. The van der Waals surface area contributed by atoms with Gasteiger partial charge in [0.05, 0.1) is 21.8 Å². The van der Waals surface area contributed by atoms with Crippen molar-refractivity contribution in [3.63, 3.8) is 0 Å². The van der Waals surface area contributed by atoms with E-state index in [0.29, 0.717) is 0 Å². The van der Waals surface area contributed by atoms with Crippen molar-refractivity contribution in [2.45, 2.75) is 18.4 Å². The van der Waals surface area contributed by atoms with Crippen LogP contribution in [0.1, 0.15) is 23.6 Å². The van der Waals surface area contributed by atoms with Crippen LogP contribution in [0.3, 0.4) is 0 Å². The van der Waals surface area contributed by atoms with Gasteiger partial charge in [-0.2, -0.15) is 0 Å². The Morgan fingerprint density at radius 2 is 1.79 bits per heavy atom. The molecule has 13 heteroatoms. The molecule has 0 unspecified atom stereocenters. The summed E-state index contributed by atoms with van der Waals surface area (Å²) in [6.45, 7) is 0.825. The number of carbonyl (C=O) groups excluding carboxylic acids is 1. The van der Waals surface area contributed by atoms with Crippen molar-refractivity contribution >= 4 is 56.5 Å². The largest absolute Gasteiger partial charge is 0.461 e. The molecule has 0 aliphatic rings. The fraction of sp³-hybridized carbons (Fsp3) is 0.0952. The van der Waals surface area contributed by atoms with Gasteiger partial charge < -0.3 is 4.74 Å². The molecule has 1 heterocycles. The molecule has 0 bridgehead atoms. The van der Waals surface area contributed by atoms with Crippen LogP contribution in [0.25, 0.3) is 0 Å². The maximum Gasteiger partial charge on any atom is 0.302 e. The zero-order chi connectivity index (χ0) is 25.0. The van der Waals surface area contributed by atoms with Crippen LogP contribution >= 0.6 is 34.8 Å². The number of carbonyl (C=O) groups is 1. The van der Waals surface area contributed by atoms with Gasteiger partial charge in [0.25, 0.3) is 10.0 Å². The number of sulfonamides is 1. The van der Waals surface area contributed by atoms with Gasteiger partial charge in [-0.25, -0.2) is 27.2 Å². The summed E-state index contributed by atoms with van der Waals surface area (Å²) in [7, 11) is -4.50. The highest BCUT2D eigenvalue weighted by atomic mass is 35.5. The van der Waals surface area contributed by atoms with Crippen LogP contribution in [0.2, 0.25) is 15.3 Å². The van der Waals surface area contributed by atoms with Gasteiger partial charge in [0.15, 0.2) is 5.82 Å². The Kier molecular flexibility index (Phi) is 7.94. The van der Waals surface area contributed by atoms with Crippen LogP contribution < -0.4 is 4.72 Å². The number of benzene rings is 2. The van der Waals surface area contributed by atoms with Crippen molar-refractivity contribution in [2.24, 2.45) is 0 Å². The third-order valence-electron chi connectivity index (χ3n) is 4.09. The zero-order valence-electron chi connectivity index (χ0n) is 17.0. The molecule has 0 saturated heterocycles. The predicted molar refractivity (Wildman–Crippen MR) is 122 cm³/mol. The third-order valence-corrected chi connectivity index (χ3v) is 6.45. The maximum atomic E-state index is 15.0. The number of rotatable bonds is 5. The third kappa shape index (κ3) is 6.12. The van der Waals surface area contributed by atoms with E-state index in [2.05, 4.69) is 21.8 Å². The second-order valence-corrected chi connectivity index (χ2v) is 9.34. The molecule has 1 aromatic heterocycles. The topological polar surface area (TPSA) is 98.2 Å². The maximum absolute atomic E-state index is 15.0. The van der Waals surface area contributed by atoms with Gasteiger partial charge in [-0.05, 0) is 35.9 Å². The first-order valence-corrected chi connectivity index (χ1v) is 11.7. The number of hydrogen-bond donors (Lipinski definition) is 1. The lowest BCUT2D eigenvalue weighted by atomic mass is 10.1. The summed E-state index contributed by atoms with van der Waals surface area (Å²) < 4.78 is 61.9. The normalized spacial score (nSPS) is 10.9. The van der Waals surface area contributed by atoms with E-state index < -0.39 is 43.8 Å². The fourth-order valence-electron chi connectivity index (χ4n) is 2.56. The van der Waals surface area contributed by atoms with Gasteiger partial charge >= 0.3 is 5.97 Å². The molecule has 0 saturated carbocycles. The highest BCUT2D eigenvalue weighted by Crippen LogP contribution is 2.32. The number of anilines is 1. The first-order valence-electron chi connectivity index (χ1n) is 9.09. The minimum Gasteiger partial charge on any atom is -0.461 e. The minimum absolute atomic E-state index is 0.0248. The summed E-state index contributed by atoms with van der Waals surface area (Å²) in [4.78, 5) is 18.0. The molecule has 0 amide bonds. The summed E-state index contributed by atoms with van der Waals surface area (Å²) in [5.41, 5.74) is -0.945. The van der Waals surface area contributed by atoms with E-state index in [4.69, 9.17) is 39.5 Å². The lowest BCUT2D eigenvalue weighted by Gasteiger charge is -2.14. The van der Waals surface area contributed by atoms with E-state index in [9.17, 15) is 22.0 Å². The highest BCUT2D eigenvalue weighted by Gasteiger charge is 2.24. The smallest absolute Gasteiger partial charge is 0.302 e. The van der Waals surface area contributed by atoms with Gasteiger partial charge in [0.1, 0.15) is 17.3 Å². The Hall–Kier alpha value is -2.97. The number of nitrogens with zero attached hydrogens (tertiary/aromatic N) is 2. The van der Waals surface area contributed by atoms with E-state index >= 15 is 0 Å². The molecule has 0 spiro atoms. The summed E-state index contributed by atoms with van der Waals surface area (Å²) in [5, 5.41) is -0.346. The van der Waals surface area contributed by atoms with Gasteiger partial charge in [-0.3, -0.25) is 9.52 Å². The number of ether oxygens (including phenoxy) is 1. The molecule has 3 rings (SSSR count). The van der Waals surface area contributed by atoms with Crippen molar-refractivity contribution < 1.29 is 26.7 Å². The van der Waals surface area contributed by atoms with Gasteiger partial charge in [-0.15, -0.1) is 0 Å². The van der Waals surface area contributed by atoms with Crippen molar-refractivity contribution in [1.29, 1.82) is 0 Å². The number of nitrogens with one attached hydrogen (secondary N) is 1. The fourth-order valence-corrected chi connectivity index (χ4v) is 4.63. The molecule has 0 aliphatic carbocycles. The first kappa shape index (κ1) is 25.6. The quantitative estimate of drug-likeness (QED) is 0.275. The van der Waals surface area contributed by atoms with E-state index in [0.717, 1.165) is 25.1 Å². The Balaban J connectivity index is 1.98. The van der Waals surface area contributed by atoms with Crippen LogP contribution in [0.15, 0.2) is 41.6 Å². The van der Waals surface area contributed by atoms with Crippen LogP contribution in [-0.2, 0) is 26.2 Å². The molecule has 0 aliphatic heterocycles. The van der Waals surface area contributed by atoms with Gasteiger partial charge in [-0.1, -0.05) is 35.0 Å². The number of esters is 1. The zero-order valence-corrected chi connectivity index (χ0v) is 20.1. The molecule has 176 valence electrons. The van der Waals surface area contributed by atoms with Crippen molar-refractivity contribution in [3.8, 4) is 11.8 Å². The average Bonchev–Trinajstić information content (AvgIpc) is 2.77. The lowest BCUT2D eigenvalue weighted by molar-refractivity contribution is -0.142. The summed E-state index contributed by atoms with van der Waals surface area (Å²) in [6, 6.07) is 4.08. The van der Waals surface area contributed by atoms with Crippen molar-refractivity contribution in [1.82, 2.24) is 9.97 Å². The molecule has 0 radical (unpaired) electrons. The van der Waals surface area contributed by atoms with E-state index in [1.807, 2.05) is 4.72 Å². The van der Waals surface area contributed by atoms with Crippen molar-refractivity contribution in [3.05, 3.63) is 80.3 Å². The number of hydrogen-bond acceptors (Lipinski definition) is 6. The van der Waals surface area contributed by atoms with E-state index in [-0.39, 0.29) is 33.1 Å². The Morgan fingerprint density at radius 1 is 1.12 bits per heavy atom. The first-order chi connectivity index (χ1) is 16.0. The standard InChI is InChI=1S/C21H12Cl3F2N3O4S/c1-11(30)33-10-13-6-14(22)7-18(19(13)23)34(31,32)29-17-5-4-16(25)15(20(17)26)3-2-12-8-27-21(24)28-9-12/h4-9,29H,10H2,1H3. The van der Waals surface area contributed by atoms with Crippen LogP contribution in [-0.4, -0.2) is 24.4 Å². The monoisotopic (exact) mass is 545 g/mol. The summed E-state index contributed by atoms with van der Waals surface area (Å²) >= 11 is 17.7. The average molecular weight is 547 g/mol. The minimum atomic E-state index is -4.50. The molecule has 0 fully saturated rings. The van der Waals surface area contributed by atoms with Crippen LogP contribution in [0, 0.1) is 23.5 Å². The lowest BCUT2D eigenvalue weighted by Crippen LogP contribution is -2.16. The molecule has 7 nitrogen and oxygen atoms in total. The second kappa shape index (κ2) is 10.5. The predicted octanol–water partition coefficient (Wildman–Crippen LogP) is 4.98. The Labute approximate surface area is 208 Å². The molecule has 0 atom stereocenters. The molecular formula is C21H12Cl3F2N3O4S. The Morgan fingerprint density at radius 3 is 2.44 bits per heavy atom. The van der Waals surface area contributed by atoms with Crippen molar-refractivity contribution in [2.75, 3.05) is 4.72 Å². The second-order valence-electron chi connectivity index (χ2n) is 6.54. The molecule has 1 N–H and O–H groups in total. The van der Waals surface area contributed by atoms with Crippen LogP contribution in [0.4, 0.5) is 14.5 Å². The number of aromatic nitrogens is 2. The Bertz CT molecular complexity index is 1440. The van der Waals surface area contributed by atoms with Gasteiger partial charge in [0, 0.05) is 29.9 Å². The molecular weight excluding hydrogens is 535 g/mol. The van der Waals surface area contributed by atoms with E-state index in [1.165, 1.54) is 18.5 Å². The summed E-state index contributed by atoms with van der Waals surface area (Å²) in [6.07, 6.45) is 2.50. The molecule has 3 aromatic rings. The van der Waals surface area contributed by atoms with Gasteiger partial charge in [0.2, 0.25) is 5.28 Å². The number of halogens is 5. The highest BCUT2D eigenvalue weighted by molar-refractivity contribution is 7.92. The summed E-state index contributed by atoms with van der Waals surface area (Å²) in [5.74, 6) is 1.85.